The number of hydrogen-bond donors (Lipinski definition) is 1. The average Bonchev–Trinajstić information content (AvgIpc) is 2.35. The van der Waals surface area contributed by atoms with Crippen molar-refractivity contribution in [3.05, 3.63) is 60.9 Å². The van der Waals surface area contributed by atoms with Crippen molar-refractivity contribution in [3.63, 3.8) is 0 Å². The van der Waals surface area contributed by atoms with E-state index in [-0.39, 0.29) is 0 Å². The van der Waals surface area contributed by atoms with E-state index in [0.717, 1.165) is 19.2 Å². The van der Waals surface area contributed by atoms with E-state index in [4.69, 9.17) is 11.6 Å². The fraction of sp³-hybridized carbons (Fsp3) is 0.154. The number of nitrogens with zero attached hydrogens (tertiary/aromatic N) is 1. The number of halogens is 3. The maximum Gasteiger partial charge on any atom is 0.0841 e. The van der Waals surface area contributed by atoms with Crippen LogP contribution in [0.3, 0.4) is 0 Å². The molecule has 18 heavy (non-hydrogen) atoms. The van der Waals surface area contributed by atoms with Gasteiger partial charge in [-0.05, 0) is 58.0 Å². The summed E-state index contributed by atoms with van der Waals surface area (Å²) in [5.41, 5.74) is 1.80. The van der Waals surface area contributed by atoms with Crippen molar-refractivity contribution >= 4 is 50.1 Å². The van der Waals surface area contributed by atoms with Crippen LogP contribution >= 0.6 is 50.1 Å². The molecule has 94 valence electrons. The second-order valence-electron chi connectivity index (χ2n) is 3.85. The number of hydrogen-bond acceptors (Lipinski definition) is 2. The third-order valence-electron chi connectivity index (χ3n) is 2.59. The molecule has 1 atom stereocenters. The molecule has 0 aliphatic heterocycles. The van der Waals surface area contributed by atoms with E-state index in [9.17, 15) is 5.11 Å². The van der Waals surface area contributed by atoms with E-state index >= 15 is 0 Å². The van der Waals surface area contributed by atoms with Gasteiger partial charge in [0, 0.05) is 26.9 Å². The van der Waals surface area contributed by atoms with Crippen molar-refractivity contribution in [2.45, 2.75) is 12.5 Å². The van der Waals surface area contributed by atoms with Crippen LogP contribution in [0, 0.1) is 3.57 Å². The van der Waals surface area contributed by atoms with Gasteiger partial charge >= 0.3 is 0 Å². The van der Waals surface area contributed by atoms with Gasteiger partial charge in [-0.3, -0.25) is 4.98 Å². The molecule has 1 aromatic carbocycles. The molecule has 0 spiro atoms. The van der Waals surface area contributed by atoms with Gasteiger partial charge in [0.05, 0.1) is 11.1 Å². The minimum absolute atomic E-state index is 0.480. The molecule has 1 unspecified atom stereocenters. The van der Waals surface area contributed by atoms with Crippen LogP contribution in [-0.2, 0) is 6.42 Å². The number of aromatic nitrogens is 1. The zero-order chi connectivity index (χ0) is 13.1. The highest BCUT2D eigenvalue weighted by molar-refractivity contribution is 14.1. The molecule has 0 saturated heterocycles. The topological polar surface area (TPSA) is 33.1 Å². The van der Waals surface area contributed by atoms with Crippen molar-refractivity contribution < 1.29 is 5.11 Å². The minimum Gasteiger partial charge on any atom is -0.388 e. The Bertz CT molecular complexity index is 564. The first-order valence-electron chi connectivity index (χ1n) is 5.29. The predicted octanol–water partition coefficient (Wildman–Crippen LogP) is 4.38. The standard InChI is InChI=1S/C13H10BrClINO/c14-9-1-2-12(16)10(6-9)13(18)5-8-3-4-17-7-11(8)15/h1-4,6-7,13,18H,5H2. The van der Waals surface area contributed by atoms with Crippen LogP contribution in [0.2, 0.25) is 5.02 Å². The second-order valence-corrected chi connectivity index (χ2v) is 6.34. The number of benzene rings is 1. The van der Waals surface area contributed by atoms with Crippen LogP contribution in [0.1, 0.15) is 17.2 Å². The molecule has 2 rings (SSSR count). The summed E-state index contributed by atoms with van der Waals surface area (Å²) >= 11 is 11.7. The lowest BCUT2D eigenvalue weighted by Gasteiger charge is -2.14. The zero-order valence-electron chi connectivity index (χ0n) is 9.28. The van der Waals surface area contributed by atoms with Gasteiger partial charge in [-0.25, -0.2) is 0 Å². The number of aliphatic hydroxyl groups is 1. The highest BCUT2D eigenvalue weighted by Gasteiger charge is 2.14. The van der Waals surface area contributed by atoms with Gasteiger partial charge in [0.15, 0.2) is 0 Å². The van der Waals surface area contributed by atoms with E-state index in [1.807, 2.05) is 24.3 Å². The van der Waals surface area contributed by atoms with Crippen molar-refractivity contribution in [2.75, 3.05) is 0 Å². The SMILES string of the molecule is OC(Cc1ccncc1Cl)c1cc(Br)ccc1I. The van der Waals surface area contributed by atoms with Gasteiger partial charge in [-0.2, -0.15) is 0 Å². The second kappa shape index (κ2) is 6.32. The van der Waals surface area contributed by atoms with Crippen molar-refractivity contribution in [3.8, 4) is 0 Å². The molecule has 0 fully saturated rings. The third-order valence-corrected chi connectivity index (χ3v) is 4.40. The summed E-state index contributed by atoms with van der Waals surface area (Å²) in [5.74, 6) is 0. The monoisotopic (exact) mass is 437 g/mol. The molecular weight excluding hydrogens is 428 g/mol. The molecule has 0 aliphatic rings. The van der Waals surface area contributed by atoms with Crippen LogP contribution in [0.25, 0.3) is 0 Å². The van der Waals surface area contributed by atoms with Crippen LogP contribution in [-0.4, -0.2) is 10.1 Å². The highest BCUT2D eigenvalue weighted by Crippen LogP contribution is 2.28. The largest absolute Gasteiger partial charge is 0.388 e. The number of aliphatic hydroxyl groups excluding tert-OH is 1. The third kappa shape index (κ3) is 3.44. The van der Waals surface area contributed by atoms with Gasteiger partial charge in [0.1, 0.15) is 0 Å². The molecule has 1 N–H and O–H groups in total. The molecule has 2 aromatic rings. The van der Waals surface area contributed by atoms with E-state index in [0.29, 0.717) is 11.4 Å². The Kier molecular flexibility index (Phi) is 5.00. The number of pyridine rings is 1. The first kappa shape index (κ1) is 14.2. The Morgan fingerprint density at radius 2 is 2.17 bits per heavy atom. The fourth-order valence-electron chi connectivity index (χ4n) is 1.66. The maximum absolute atomic E-state index is 10.3. The number of rotatable bonds is 3. The molecule has 0 aliphatic carbocycles. The predicted molar refractivity (Wildman–Crippen MR) is 84.8 cm³/mol. The van der Waals surface area contributed by atoms with Crippen molar-refractivity contribution in [1.29, 1.82) is 0 Å². The lowest BCUT2D eigenvalue weighted by atomic mass is 10.0. The first-order valence-corrected chi connectivity index (χ1v) is 7.54. The van der Waals surface area contributed by atoms with Crippen molar-refractivity contribution in [1.82, 2.24) is 4.98 Å². The van der Waals surface area contributed by atoms with E-state index in [2.05, 4.69) is 43.5 Å². The van der Waals surface area contributed by atoms with E-state index in [1.54, 1.807) is 12.4 Å². The molecule has 0 saturated carbocycles. The normalized spacial score (nSPS) is 12.4. The molecule has 2 nitrogen and oxygen atoms in total. The van der Waals surface area contributed by atoms with Crippen LogP contribution in [0.5, 0.6) is 0 Å². The molecule has 5 heteroatoms. The van der Waals surface area contributed by atoms with Crippen molar-refractivity contribution in [2.24, 2.45) is 0 Å². The molecule has 0 radical (unpaired) electrons. The molecule has 0 bridgehead atoms. The van der Waals surface area contributed by atoms with Crippen LogP contribution in [0.4, 0.5) is 0 Å². The molecular formula is C13H10BrClINO. The Balaban J connectivity index is 2.25. The van der Waals surface area contributed by atoms with Gasteiger partial charge in [0.25, 0.3) is 0 Å². The molecule has 0 amide bonds. The van der Waals surface area contributed by atoms with Gasteiger partial charge < -0.3 is 5.11 Å². The molecule has 1 aromatic heterocycles. The fourth-order valence-corrected chi connectivity index (χ4v) is 2.93. The van der Waals surface area contributed by atoms with Crippen LogP contribution < -0.4 is 0 Å². The Labute approximate surface area is 133 Å². The molecule has 1 heterocycles. The van der Waals surface area contributed by atoms with E-state index < -0.39 is 6.10 Å². The Morgan fingerprint density at radius 3 is 2.89 bits per heavy atom. The van der Waals surface area contributed by atoms with Gasteiger partial charge in [0.2, 0.25) is 0 Å². The van der Waals surface area contributed by atoms with Gasteiger partial charge in [-0.1, -0.05) is 27.5 Å². The van der Waals surface area contributed by atoms with E-state index in [1.165, 1.54) is 0 Å². The summed E-state index contributed by atoms with van der Waals surface area (Å²) in [6, 6.07) is 7.69. The summed E-state index contributed by atoms with van der Waals surface area (Å²) in [5, 5.41) is 10.9. The summed E-state index contributed by atoms with van der Waals surface area (Å²) < 4.78 is 1.99. The smallest absolute Gasteiger partial charge is 0.0841 e. The summed E-state index contributed by atoms with van der Waals surface area (Å²) in [4.78, 5) is 3.93. The lowest BCUT2D eigenvalue weighted by Crippen LogP contribution is -2.04. The zero-order valence-corrected chi connectivity index (χ0v) is 13.8. The Morgan fingerprint density at radius 1 is 1.39 bits per heavy atom. The van der Waals surface area contributed by atoms with Gasteiger partial charge in [-0.15, -0.1) is 0 Å². The highest BCUT2D eigenvalue weighted by atomic mass is 127. The first-order chi connectivity index (χ1) is 8.58. The summed E-state index contributed by atoms with van der Waals surface area (Å²) in [7, 11) is 0. The minimum atomic E-state index is -0.575. The quantitative estimate of drug-likeness (QED) is 0.722. The average molecular weight is 438 g/mol. The lowest BCUT2D eigenvalue weighted by molar-refractivity contribution is 0.177. The summed E-state index contributed by atoms with van der Waals surface area (Å²) in [6.07, 6.45) is 3.18. The summed E-state index contributed by atoms with van der Waals surface area (Å²) in [6.45, 7) is 0. The van der Waals surface area contributed by atoms with Crippen LogP contribution in [0.15, 0.2) is 41.1 Å². The Hall–Kier alpha value is -0.170. The maximum atomic E-state index is 10.3.